The fourth-order valence-corrected chi connectivity index (χ4v) is 2.44. The summed E-state index contributed by atoms with van der Waals surface area (Å²) >= 11 is 11.7. The van der Waals surface area contributed by atoms with E-state index in [-0.39, 0.29) is 11.9 Å². The van der Waals surface area contributed by atoms with Crippen molar-refractivity contribution in [1.82, 2.24) is 10.6 Å². The van der Waals surface area contributed by atoms with Crippen LogP contribution in [0.3, 0.4) is 0 Å². The molecular weight excluding hydrogens is 361 g/mol. The highest BCUT2D eigenvalue weighted by atomic mass is 35.5. The molecule has 7 heteroatoms. The van der Waals surface area contributed by atoms with Gasteiger partial charge in [-0.25, -0.2) is 4.79 Å². The molecule has 0 aliphatic carbocycles. The van der Waals surface area contributed by atoms with Crippen molar-refractivity contribution in [3.8, 4) is 0 Å². The fraction of sp³-hybridized carbons (Fsp3) is 0.222. The van der Waals surface area contributed by atoms with E-state index in [0.717, 1.165) is 16.8 Å². The normalized spacial score (nSPS) is 10.2. The van der Waals surface area contributed by atoms with Crippen molar-refractivity contribution in [3.63, 3.8) is 0 Å². The quantitative estimate of drug-likeness (QED) is 0.682. The van der Waals surface area contributed by atoms with E-state index in [4.69, 9.17) is 23.2 Å². The molecule has 2 aromatic rings. The van der Waals surface area contributed by atoms with Crippen LogP contribution < -0.4 is 16.0 Å². The Kier molecular flexibility index (Phi) is 6.67. The second kappa shape index (κ2) is 8.74. The number of aryl methyl sites for hydroxylation is 1. The van der Waals surface area contributed by atoms with Crippen LogP contribution in [-0.2, 0) is 0 Å². The Bertz CT molecular complexity index is 794. The van der Waals surface area contributed by atoms with Gasteiger partial charge in [-0.15, -0.1) is 0 Å². The number of carbonyl (C=O) groups is 2. The summed E-state index contributed by atoms with van der Waals surface area (Å²) in [6, 6.07) is 10.0. The molecule has 25 heavy (non-hydrogen) atoms. The van der Waals surface area contributed by atoms with Crippen LogP contribution in [0.1, 0.15) is 21.5 Å². The maximum Gasteiger partial charge on any atom is 0.319 e. The minimum Gasteiger partial charge on any atom is -0.350 e. The van der Waals surface area contributed by atoms with Crippen molar-refractivity contribution in [2.24, 2.45) is 0 Å². The van der Waals surface area contributed by atoms with Gasteiger partial charge in [0.1, 0.15) is 0 Å². The van der Waals surface area contributed by atoms with E-state index in [2.05, 4.69) is 16.0 Å². The second-order valence-corrected chi connectivity index (χ2v) is 6.33. The first-order valence-corrected chi connectivity index (χ1v) is 8.48. The lowest BCUT2D eigenvalue weighted by molar-refractivity contribution is 0.0954. The van der Waals surface area contributed by atoms with Gasteiger partial charge in [0.25, 0.3) is 5.91 Å². The van der Waals surface area contributed by atoms with Gasteiger partial charge in [-0.3, -0.25) is 4.79 Å². The minimum atomic E-state index is -0.322. The average Bonchev–Trinajstić information content (AvgIpc) is 2.58. The summed E-state index contributed by atoms with van der Waals surface area (Å²) in [7, 11) is 0. The summed E-state index contributed by atoms with van der Waals surface area (Å²) in [6.45, 7) is 4.52. The Balaban J connectivity index is 1.76. The summed E-state index contributed by atoms with van der Waals surface area (Å²) in [5.74, 6) is -0.282. The van der Waals surface area contributed by atoms with Crippen LogP contribution in [0.4, 0.5) is 10.5 Å². The minimum absolute atomic E-state index is 0.282. The maximum atomic E-state index is 12.0. The molecule has 0 radical (unpaired) electrons. The van der Waals surface area contributed by atoms with Crippen molar-refractivity contribution in [3.05, 3.63) is 63.1 Å². The summed E-state index contributed by atoms with van der Waals surface area (Å²) in [6.07, 6.45) is 0. The van der Waals surface area contributed by atoms with Crippen LogP contribution in [-0.4, -0.2) is 25.0 Å². The molecule has 0 aromatic heterocycles. The van der Waals surface area contributed by atoms with Crippen LogP contribution >= 0.6 is 23.2 Å². The van der Waals surface area contributed by atoms with Crippen molar-refractivity contribution >= 4 is 40.8 Å². The molecule has 3 amide bonds. The molecule has 5 nitrogen and oxygen atoms in total. The summed E-state index contributed by atoms with van der Waals surface area (Å²) < 4.78 is 0. The molecule has 132 valence electrons. The molecule has 0 aliphatic rings. The number of anilines is 1. The van der Waals surface area contributed by atoms with Crippen LogP contribution in [0.25, 0.3) is 0 Å². The summed E-state index contributed by atoms with van der Waals surface area (Å²) in [4.78, 5) is 23.9. The van der Waals surface area contributed by atoms with E-state index in [1.165, 1.54) is 6.07 Å². The van der Waals surface area contributed by atoms with Crippen LogP contribution in [0.2, 0.25) is 10.0 Å². The van der Waals surface area contributed by atoms with Gasteiger partial charge in [0.2, 0.25) is 0 Å². The highest BCUT2D eigenvalue weighted by Gasteiger charge is 2.08. The smallest absolute Gasteiger partial charge is 0.319 e. The lowest BCUT2D eigenvalue weighted by atomic mass is 10.1. The number of urea groups is 1. The standard InChI is InChI=1S/C18H19Cl2N3O2/c1-11-4-3-5-16(12(11)2)23-18(25)22-9-8-21-17(24)13-6-7-14(19)15(20)10-13/h3-7,10H,8-9H2,1-2H3,(H,21,24)(H2,22,23,25). The van der Waals surface area contributed by atoms with Crippen molar-refractivity contribution in [2.75, 3.05) is 18.4 Å². The van der Waals surface area contributed by atoms with Gasteiger partial charge < -0.3 is 16.0 Å². The molecule has 0 saturated carbocycles. The largest absolute Gasteiger partial charge is 0.350 e. The molecule has 2 aromatic carbocycles. The zero-order chi connectivity index (χ0) is 18.4. The number of hydrogen-bond acceptors (Lipinski definition) is 2. The summed E-state index contributed by atoms with van der Waals surface area (Å²) in [5.41, 5.74) is 3.30. The zero-order valence-corrected chi connectivity index (χ0v) is 15.5. The van der Waals surface area contributed by atoms with Gasteiger partial charge in [-0.2, -0.15) is 0 Å². The van der Waals surface area contributed by atoms with E-state index in [9.17, 15) is 9.59 Å². The first-order chi connectivity index (χ1) is 11.9. The van der Waals surface area contributed by atoms with Crippen LogP contribution in [0, 0.1) is 13.8 Å². The molecule has 2 rings (SSSR count). The lowest BCUT2D eigenvalue weighted by Crippen LogP contribution is -2.36. The Labute approximate surface area is 156 Å². The predicted molar refractivity (Wildman–Crippen MR) is 102 cm³/mol. The van der Waals surface area contributed by atoms with Gasteiger partial charge in [0, 0.05) is 24.3 Å². The topological polar surface area (TPSA) is 70.2 Å². The van der Waals surface area contributed by atoms with Gasteiger partial charge in [0.05, 0.1) is 10.0 Å². The van der Waals surface area contributed by atoms with Crippen molar-refractivity contribution in [2.45, 2.75) is 13.8 Å². The number of halogens is 2. The first kappa shape index (κ1) is 19.1. The van der Waals surface area contributed by atoms with Gasteiger partial charge in [0.15, 0.2) is 0 Å². The van der Waals surface area contributed by atoms with E-state index >= 15 is 0 Å². The predicted octanol–water partition coefficient (Wildman–Crippen LogP) is 4.16. The second-order valence-electron chi connectivity index (χ2n) is 5.51. The number of hydrogen-bond donors (Lipinski definition) is 3. The molecule has 0 aliphatic heterocycles. The molecule has 0 unspecified atom stereocenters. The van der Waals surface area contributed by atoms with Crippen molar-refractivity contribution < 1.29 is 9.59 Å². The Hall–Kier alpha value is -2.24. The molecule has 0 fully saturated rings. The number of carbonyl (C=O) groups excluding carboxylic acids is 2. The number of benzene rings is 2. The molecule has 0 heterocycles. The zero-order valence-electron chi connectivity index (χ0n) is 14.0. The lowest BCUT2D eigenvalue weighted by Gasteiger charge is -2.12. The highest BCUT2D eigenvalue weighted by Crippen LogP contribution is 2.22. The monoisotopic (exact) mass is 379 g/mol. The van der Waals surface area contributed by atoms with E-state index in [1.807, 2.05) is 32.0 Å². The molecule has 0 bridgehead atoms. The molecule has 0 spiro atoms. The average molecular weight is 380 g/mol. The fourth-order valence-electron chi connectivity index (χ4n) is 2.14. The van der Waals surface area contributed by atoms with Crippen LogP contribution in [0.5, 0.6) is 0 Å². The number of amides is 3. The van der Waals surface area contributed by atoms with Gasteiger partial charge >= 0.3 is 6.03 Å². The molecule has 3 N–H and O–H groups in total. The van der Waals surface area contributed by atoms with Gasteiger partial charge in [-0.1, -0.05) is 35.3 Å². The first-order valence-electron chi connectivity index (χ1n) is 7.73. The van der Waals surface area contributed by atoms with E-state index in [1.54, 1.807) is 12.1 Å². The molecular formula is C18H19Cl2N3O2. The van der Waals surface area contributed by atoms with Crippen molar-refractivity contribution in [1.29, 1.82) is 0 Å². The third-order valence-corrected chi connectivity index (χ3v) is 4.47. The van der Waals surface area contributed by atoms with Gasteiger partial charge in [-0.05, 0) is 49.2 Å². The van der Waals surface area contributed by atoms with E-state index in [0.29, 0.717) is 28.7 Å². The Morgan fingerprint density at radius 1 is 0.960 bits per heavy atom. The van der Waals surface area contributed by atoms with Crippen LogP contribution in [0.15, 0.2) is 36.4 Å². The highest BCUT2D eigenvalue weighted by molar-refractivity contribution is 6.42. The Morgan fingerprint density at radius 3 is 2.40 bits per heavy atom. The third-order valence-electron chi connectivity index (χ3n) is 3.73. The SMILES string of the molecule is Cc1cccc(NC(=O)NCCNC(=O)c2ccc(Cl)c(Cl)c2)c1C. The van der Waals surface area contributed by atoms with E-state index < -0.39 is 0 Å². The maximum absolute atomic E-state index is 12.0. The molecule has 0 saturated heterocycles. The number of nitrogens with one attached hydrogen (secondary N) is 3. The summed E-state index contributed by atoms with van der Waals surface area (Å²) in [5, 5.41) is 8.90. The molecule has 0 atom stereocenters. The Morgan fingerprint density at radius 2 is 1.68 bits per heavy atom. The number of rotatable bonds is 5. The third kappa shape index (κ3) is 5.37.